The van der Waals surface area contributed by atoms with Crippen molar-refractivity contribution < 1.29 is 0 Å². The van der Waals surface area contributed by atoms with Gasteiger partial charge in [-0.2, -0.15) is 0 Å². The minimum absolute atomic E-state index is 0.719. The molecule has 0 aliphatic carbocycles. The summed E-state index contributed by atoms with van der Waals surface area (Å²) in [5.41, 5.74) is 6.75. The molecule has 8 aromatic carbocycles. The molecule has 0 atom stereocenters. The van der Waals surface area contributed by atoms with Gasteiger partial charge in [-0.15, -0.1) is 22.7 Å². The third-order valence-corrected chi connectivity index (χ3v) is 13.8. The maximum Gasteiger partial charge on any atom is 0.163 e. The van der Waals surface area contributed by atoms with Crippen molar-refractivity contribution in [3.05, 3.63) is 170 Å². The molecule has 13 rings (SSSR count). The summed E-state index contributed by atoms with van der Waals surface area (Å²) in [5, 5.41) is 12.2. The topological polar surface area (TPSA) is 35.6 Å². The summed E-state index contributed by atoms with van der Waals surface area (Å²) in [6.45, 7) is 0. The van der Waals surface area contributed by atoms with Crippen molar-refractivity contribution in [2.24, 2.45) is 0 Å². The van der Waals surface area contributed by atoms with Crippen LogP contribution in [0.2, 0.25) is 0 Å². The van der Waals surface area contributed by atoms with Crippen LogP contribution < -0.4 is 0 Å². The van der Waals surface area contributed by atoms with Crippen LogP contribution in [0.5, 0.6) is 0 Å². The molecule has 0 bridgehead atoms. The van der Waals surface area contributed by atoms with Crippen LogP contribution in [0, 0.1) is 0 Å². The van der Waals surface area contributed by atoms with Gasteiger partial charge in [0.05, 0.1) is 27.5 Å². The number of benzene rings is 8. The molecule has 4 nitrogen and oxygen atoms in total. The number of thiophene rings is 2. The molecule has 0 saturated carbocycles. The predicted molar refractivity (Wildman–Crippen MR) is 239 cm³/mol. The van der Waals surface area contributed by atoms with Crippen molar-refractivity contribution in [3.63, 3.8) is 0 Å². The molecule has 0 spiro atoms. The Morgan fingerprint density at radius 1 is 0.393 bits per heavy atom. The van der Waals surface area contributed by atoms with Gasteiger partial charge >= 0.3 is 0 Å². The Balaban J connectivity index is 1.13. The summed E-state index contributed by atoms with van der Waals surface area (Å²) in [5.74, 6) is 1.62. The molecule has 0 saturated heterocycles. The Bertz CT molecular complexity index is 3770. The molecule has 0 aliphatic rings. The molecule has 0 radical (unpaired) electrons. The van der Waals surface area contributed by atoms with E-state index in [0.29, 0.717) is 0 Å². The second-order valence-corrected chi connectivity index (χ2v) is 16.6. The first-order chi connectivity index (χ1) is 27.8. The van der Waals surface area contributed by atoms with E-state index in [0.717, 1.165) is 49.7 Å². The Labute approximate surface area is 327 Å². The number of fused-ring (bicyclic) bond motifs is 14. The Kier molecular flexibility index (Phi) is 6.17. The zero-order valence-electron chi connectivity index (χ0n) is 29.8. The molecule has 0 unspecified atom stereocenters. The molecule has 13 aromatic rings. The Morgan fingerprint density at radius 3 is 1.84 bits per heavy atom. The lowest BCUT2D eigenvalue weighted by Crippen LogP contribution is -2.02. The van der Waals surface area contributed by atoms with E-state index >= 15 is 0 Å². The summed E-state index contributed by atoms with van der Waals surface area (Å²) >= 11 is 3.62. The van der Waals surface area contributed by atoms with Crippen LogP contribution in [0.25, 0.3) is 118 Å². The number of hydrogen-bond acceptors (Lipinski definition) is 4. The molecule has 5 heterocycles. The first-order valence-corrected chi connectivity index (χ1v) is 20.5. The summed E-state index contributed by atoms with van der Waals surface area (Å²) in [6.07, 6.45) is 0. The van der Waals surface area contributed by atoms with Crippen LogP contribution in [-0.4, -0.2) is 19.1 Å². The van der Waals surface area contributed by atoms with E-state index in [2.05, 4.69) is 179 Å². The van der Waals surface area contributed by atoms with Gasteiger partial charge in [-0.1, -0.05) is 103 Å². The van der Waals surface area contributed by atoms with E-state index in [4.69, 9.17) is 9.97 Å². The first kappa shape index (κ1) is 30.5. The second kappa shape index (κ2) is 11.3. The summed E-state index contributed by atoms with van der Waals surface area (Å²) in [4.78, 5) is 12.0. The van der Waals surface area contributed by atoms with Gasteiger partial charge in [0, 0.05) is 68.4 Å². The number of hydrogen-bond donors (Lipinski definition) is 0. The van der Waals surface area contributed by atoms with Crippen molar-refractivity contribution in [3.8, 4) is 22.9 Å². The van der Waals surface area contributed by atoms with E-state index in [1.54, 1.807) is 11.3 Å². The van der Waals surface area contributed by atoms with E-state index < -0.39 is 0 Å². The van der Waals surface area contributed by atoms with Crippen LogP contribution in [-0.2, 0) is 0 Å². The number of para-hydroxylation sites is 3. The minimum Gasteiger partial charge on any atom is -0.309 e. The third-order valence-electron chi connectivity index (χ3n) is 11.5. The van der Waals surface area contributed by atoms with Crippen molar-refractivity contribution in [2.45, 2.75) is 0 Å². The lowest BCUT2D eigenvalue weighted by atomic mass is 10.0. The van der Waals surface area contributed by atoms with Gasteiger partial charge in [0.2, 0.25) is 0 Å². The molecule has 0 aliphatic heterocycles. The fourth-order valence-corrected chi connectivity index (χ4v) is 11.4. The number of nitrogens with zero attached hydrogens (tertiary/aromatic N) is 4. The predicted octanol–water partition coefficient (Wildman–Crippen LogP) is 14.2. The minimum atomic E-state index is 0.719. The average Bonchev–Trinajstić information content (AvgIpc) is 4.00. The van der Waals surface area contributed by atoms with Gasteiger partial charge < -0.3 is 4.57 Å². The van der Waals surface area contributed by atoms with E-state index in [-0.39, 0.29) is 0 Å². The highest BCUT2D eigenvalue weighted by Gasteiger charge is 2.23. The fraction of sp³-hybridized carbons (Fsp3) is 0. The summed E-state index contributed by atoms with van der Waals surface area (Å²) < 4.78 is 8.59. The quantitative estimate of drug-likeness (QED) is 0.180. The van der Waals surface area contributed by atoms with E-state index in [1.807, 2.05) is 11.3 Å². The van der Waals surface area contributed by atoms with Crippen LogP contribution >= 0.6 is 22.7 Å². The van der Waals surface area contributed by atoms with Crippen LogP contribution in [0.15, 0.2) is 170 Å². The van der Waals surface area contributed by atoms with Crippen LogP contribution in [0.1, 0.15) is 0 Å². The number of aromatic nitrogens is 4. The van der Waals surface area contributed by atoms with Gasteiger partial charge in [0.25, 0.3) is 0 Å². The highest BCUT2D eigenvalue weighted by Crippen LogP contribution is 2.44. The molecular formula is C50H28N4S2. The Hall–Kier alpha value is -6.86. The lowest BCUT2D eigenvalue weighted by molar-refractivity contribution is 1.08. The molecule has 6 heteroatoms. The largest absolute Gasteiger partial charge is 0.309 e. The van der Waals surface area contributed by atoms with Gasteiger partial charge in [0.15, 0.2) is 11.6 Å². The molecule has 56 heavy (non-hydrogen) atoms. The molecule has 5 aromatic heterocycles. The third kappa shape index (κ3) is 4.17. The van der Waals surface area contributed by atoms with Crippen LogP contribution in [0.4, 0.5) is 0 Å². The zero-order chi connectivity index (χ0) is 36.5. The first-order valence-electron chi connectivity index (χ1n) is 18.8. The van der Waals surface area contributed by atoms with Crippen molar-refractivity contribution in [1.82, 2.24) is 19.1 Å². The maximum absolute atomic E-state index is 5.62. The van der Waals surface area contributed by atoms with E-state index in [9.17, 15) is 0 Å². The van der Waals surface area contributed by atoms with E-state index in [1.165, 1.54) is 68.1 Å². The van der Waals surface area contributed by atoms with Crippen molar-refractivity contribution >= 4 is 118 Å². The summed E-state index contributed by atoms with van der Waals surface area (Å²) in [7, 11) is 0. The fourth-order valence-electron chi connectivity index (χ4n) is 9.06. The second-order valence-electron chi connectivity index (χ2n) is 14.6. The molecule has 260 valence electrons. The standard InChI is InChI=1S/C50H28N4S2/c1-2-12-31(13-3-1)53-40-18-8-4-14-32(40)38-27-30(23-25-42(38)53)48-51-49(46-36-17-7-11-21-45(36)56-50(46)52-48)54-41-19-9-5-15-33(41)39-26-29-22-24-35-34-16-6-10-20-44(34)55-47(35)37(29)28-43(39)54/h1-28H. The normalized spacial score (nSPS) is 12.3. The maximum atomic E-state index is 5.62. The van der Waals surface area contributed by atoms with Gasteiger partial charge in [-0.3, -0.25) is 4.57 Å². The highest BCUT2D eigenvalue weighted by molar-refractivity contribution is 7.26. The van der Waals surface area contributed by atoms with Crippen molar-refractivity contribution in [2.75, 3.05) is 0 Å². The number of rotatable bonds is 3. The van der Waals surface area contributed by atoms with Crippen molar-refractivity contribution in [1.29, 1.82) is 0 Å². The molecular weight excluding hydrogens is 721 g/mol. The zero-order valence-corrected chi connectivity index (χ0v) is 31.4. The van der Waals surface area contributed by atoms with Gasteiger partial charge in [0.1, 0.15) is 4.83 Å². The monoisotopic (exact) mass is 748 g/mol. The lowest BCUT2D eigenvalue weighted by Gasteiger charge is -2.12. The molecule has 0 N–H and O–H groups in total. The SMILES string of the molecule is c1ccc(-n2c3ccccc3c3cc(-c4nc(-n5c6ccccc6c6cc7ccc8c9ccccc9sc8c7cc65)c5c(n4)sc4ccccc45)ccc32)cc1. The molecule has 0 amide bonds. The van der Waals surface area contributed by atoms with Crippen LogP contribution in [0.3, 0.4) is 0 Å². The van der Waals surface area contributed by atoms with Gasteiger partial charge in [-0.25, -0.2) is 9.97 Å². The average molecular weight is 749 g/mol. The van der Waals surface area contributed by atoms with Gasteiger partial charge in [-0.05, 0) is 72.1 Å². The highest BCUT2D eigenvalue weighted by atomic mass is 32.1. The Morgan fingerprint density at radius 2 is 1.04 bits per heavy atom. The summed E-state index contributed by atoms with van der Waals surface area (Å²) in [6, 6.07) is 61.6. The molecule has 0 fully saturated rings. The smallest absolute Gasteiger partial charge is 0.163 e.